The quantitative estimate of drug-likeness (QED) is 0.219. The number of hydrogen-bond acceptors (Lipinski definition) is 3. The highest BCUT2D eigenvalue weighted by Crippen LogP contribution is 2.44. The van der Waals surface area contributed by atoms with Crippen molar-refractivity contribution in [2.75, 3.05) is 0 Å². The van der Waals surface area contributed by atoms with Gasteiger partial charge in [0, 0.05) is 0 Å². The molecule has 0 aliphatic heterocycles. The second-order valence-corrected chi connectivity index (χ2v) is 4.98. The van der Waals surface area contributed by atoms with Crippen molar-refractivity contribution in [3.8, 4) is 0 Å². The largest absolute Gasteiger partial charge is 0.303 e. The molecule has 0 aliphatic carbocycles. The Morgan fingerprint density at radius 2 is 1.25 bits per heavy atom. The van der Waals surface area contributed by atoms with E-state index in [-0.39, 0.29) is 8.06 Å². The molecule has 0 aromatic heterocycles. The maximum atomic E-state index is 7.94. The van der Waals surface area contributed by atoms with Crippen LogP contribution in [0.5, 0.6) is 0 Å². The molecule has 0 aliphatic rings. The molecule has 1 atom stereocenters. The minimum atomic E-state index is -3.47. The van der Waals surface area contributed by atoms with Gasteiger partial charge in [-0.3, -0.25) is 0 Å². The summed E-state index contributed by atoms with van der Waals surface area (Å²) >= 11 is 0. The first-order valence-electron chi connectivity index (χ1n) is 5.19. The summed E-state index contributed by atoms with van der Waals surface area (Å²) in [5.41, 5.74) is 6.31. The van der Waals surface area contributed by atoms with E-state index in [0.29, 0.717) is 0 Å². The summed E-state index contributed by atoms with van der Waals surface area (Å²) in [5, 5.41) is 47.2. The molecule has 24 heavy (non-hydrogen) atoms. The molecule has 0 fully saturated rings. The van der Waals surface area contributed by atoms with Crippen molar-refractivity contribution in [1.29, 1.82) is 6.81 Å². The van der Waals surface area contributed by atoms with Gasteiger partial charge in [-0.2, -0.15) is 5.53 Å². The van der Waals surface area contributed by atoms with E-state index >= 15 is 0 Å². The third-order valence-corrected chi connectivity index (χ3v) is 2.95. The van der Waals surface area contributed by atoms with Crippen LogP contribution in [0.4, 0.5) is 0 Å². The van der Waals surface area contributed by atoms with E-state index in [1.165, 1.54) is 0 Å². The number of rotatable bonds is 10. The lowest BCUT2D eigenvalue weighted by atomic mass is 12.4. The van der Waals surface area contributed by atoms with Gasteiger partial charge in [0.2, 0.25) is 0 Å². The van der Waals surface area contributed by atoms with Crippen LogP contribution in [0.3, 0.4) is 0 Å². The Balaban J connectivity index is 5.26. The van der Waals surface area contributed by atoms with Gasteiger partial charge in [-0.25, -0.2) is 0 Å². The highest BCUT2D eigenvalue weighted by Gasteiger charge is 1.90. The molecule has 0 spiro atoms. The Labute approximate surface area is 133 Å². The molecule has 0 amide bonds. The van der Waals surface area contributed by atoms with E-state index in [1.807, 2.05) is 0 Å². The van der Waals surface area contributed by atoms with E-state index in [0.717, 1.165) is 0 Å². The van der Waals surface area contributed by atoms with Crippen LogP contribution >= 0.6 is 15.6 Å². The van der Waals surface area contributed by atoms with Gasteiger partial charge in [0.25, 0.3) is 0 Å². The Hall–Kier alpha value is -3.67. The fourth-order valence-corrected chi connectivity index (χ4v) is 1.64. The van der Waals surface area contributed by atoms with Gasteiger partial charge in [0.15, 0.2) is 7.50 Å². The SMILES string of the molecule is [3H]P(=N/N=N/N=N/N=N/N)(\N=N/N=N/N=N/N)/P=N/N=N/N=N/N=N. The molecule has 0 saturated heterocycles. The van der Waals surface area contributed by atoms with Crippen molar-refractivity contribution in [2.24, 2.45) is 110 Å². The monoisotopic (exact) mass is 378 g/mol. The van der Waals surface area contributed by atoms with E-state index in [4.69, 9.17) is 6.81 Å². The van der Waals surface area contributed by atoms with Crippen molar-refractivity contribution < 1.29 is 0 Å². The molecule has 0 heterocycles. The normalized spacial score (nSPS) is 17.1. The molecule has 0 rings (SSSR count). The summed E-state index contributed by atoms with van der Waals surface area (Å²) in [6, 6.07) is 0. The molecule has 0 radical (unpaired) electrons. The Bertz CT molecular complexity index is 679. The van der Waals surface area contributed by atoms with Crippen molar-refractivity contribution in [3.63, 3.8) is 0 Å². The maximum absolute atomic E-state index is 7.94. The van der Waals surface area contributed by atoms with Crippen LogP contribution in [-0.4, -0.2) is 1.28 Å². The number of nitrogens with one attached hydrogen (secondary N) is 1. The molecule has 0 saturated carbocycles. The van der Waals surface area contributed by atoms with Crippen LogP contribution in [0.2, 0.25) is 0 Å². The lowest BCUT2D eigenvalue weighted by Gasteiger charge is -1.83. The zero-order valence-electron chi connectivity index (χ0n) is 12.0. The van der Waals surface area contributed by atoms with Crippen LogP contribution in [0, 0.1) is 5.53 Å². The van der Waals surface area contributed by atoms with Gasteiger partial charge in [-0.1, -0.05) is 10.4 Å². The first-order valence-corrected chi connectivity index (χ1v) is 7.54. The molecule has 0 bridgehead atoms. The number of hydrogen-bond donors (Lipinski definition) is 3. The molecule has 5 N–H and O–H groups in total. The second kappa shape index (κ2) is 17.4. The third-order valence-electron chi connectivity index (χ3n) is 0.948. The van der Waals surface area contributed by atoms with Crippen LogP contribution in [0.15, 0.2) is 98.2 Å². The zero-order valence-corrected chi connectivity index (χ0v) is 12.8. The van der Waals surface area contributed by atoms with Crippen molar-refractivity contribution in [1.82, 2.24) is 0 Å². The standard InChI is InChI=1S/H6N22P2/c1-4-7-10-13-16-19-22-24(21-18-15-12-9-6-3)23-20-17-14-11-8-5-2/h2,24H,(H2,1,7,13,19)(H2,3,4,9,10,15,16,21,22)/b5-2?,11-8+,17-14+/i24T. The fraction of sp³-hybridized carbons (Fsp3) is 0. The van der Waals surface area contributed by atoms with Crippen LogP contribution < -0.4 is 11.7 Å². The Morgan fingerprint density at radius 3 is 1.92 bits per heavy atom. The van der Waals surface area contributed by atoms with Crippen LogP contribution in [0.25, 0.3) is 0 Å². The molecule has 126 valence electrons. The van der Waals surface area contributed by atoms with E-state index < -0.39 is 7.50 Å². The molecule has 1 unspecified atom stereocenters. The first kappa shape index (κ1) is 18.4. The summed E-state index contributed by atoms with van der Waals surface area (Å²) in [4.78, 5) is 10.3. The predicted molar refractivity (Wildman–Crippen MR) is 72.5 cm³/mol. The summed E-state index contributed by atoms with van der Waals surface area (Å²) in [6.45, 7) is 0. The van der Waals surface area contributed by atoms with Gasteiger partial charge in [-0.05, 0) is 73.1 Å². The average molecular weight is 378 g/mol. The van der Waals surface area contributed by atoms with Gasteiger partial charge in [0.05, 0.1) is 0 Å². The minimum Gasteiger partial charge on any atom is -0.303 e. The van der Waals surface area contributed by atoms with Gasteiger partial charge in [-0.15, -0.1) is 14.6 Å². The van der Waals surface area contributed by atoms with Gasteiger partial charge < -0.3 is 11.7 Å². The zero-order chi connectivity index (χ0) is 18.6. The lowest BCUT2D eigenvalue weighted by molar-refractivity contribution is 0.807. The fourth-order valence-electron chi connectivity index (χ4n) is 0.424. The molecular weight excluding hydrogens is 370 g/mol. The number of nitrogens with zero attached hydrogens (tertiary/aromatic N) is 19. The van der Waals surface area contributed by atoms with E-state index in [1.54, 1.807) is 0 Å². The van der Waals surface area contributed by atoms with E-state index in [9.17, 15) is 0 Å². The molecule has 0 aromatic rings. The molecule has 22 nitrogen and oxygen atoms in total. The lowest BCUT2D eigenvalue weighted by Crippen LogP contribution is -1.70. The summed E-state index contributed by atoms with van der Waals surface area (Å²) in [5.74, 6) is 9.32. The molecule has 24 heteroatoms. The van der Waals surface area contributed by atoms with Crippen molar-refractivity contribution in [3.05, 3.63) is 0 Å². The summed E-state index contributed by atoms with van der Waals surface area (Å²) in [7, 11) is -3.64. The molecule has 0 aromatic carbocycles. The molecular formula is H6N22P2. The predicted octanol–water partition coefficient (Wildman–Crippen LogP) is 4.06. The smallest absolute Gasteiger partial charge is 0.183 e. The van der Waals surface area contributed by atoms with E-state index in [2.05, 4.69) is 110 Å². The van der Waals surface area contributed by atoms with Gasteiger partial charge in [0.1, 0.15) is 9.34 Å². The number of nitrogens with two attached hydrogens (primary N) is 2. The first-order chi connectivity index (χ1) is 12.2. The minimum absolute atomic E-state index is 0.169. The topological polar surface area (TPSA) is 311 Å². The highest BCUT2D eigenvalue weighted by atomic mass is 32.0. The van der Waals surface area contributed by atoms with Gasteiger partial charge >= 0.3 is 0 Å². The third kappa shape index (κ3) is 14.7. The van der Waals surface area contributed by atoms with Crippen molar-refractivity contribution in [2.45, 2.75) is 0 Å². The Kier molecular flexibility index (Phi) is 13.3. The van der Waals surface area contributed by atoms with Crippen molar-refractivity contribution >= 4 is 15.6 Å². The highest BCUT2D eigenvalue weighted by molar-refractivity contribution is 8.11. The second-order valence-electron chi connectivity index (χ2n) is 2.12. The van der Waals surface area contributed by atoms with Crippen LogP contribution in [-0.2, 0) is 0 Å². The average Bonchev–Trinajstić information content (AvgIpc) is 2.61. The summed E-state index contributed by atoms with van der Waals surface area (Å²) in [6.07, 6.45) is 0. The maximum Gasteiger partial charge on any atom is 0.183 e. The Morgan fingerprint density at radius 1 is 0.708 bits per heavy atom. The van der Waals surface area contributed by atoms with Crippen LogP contribution in [0.1, 0.15) is 0 Å². The summed E-state index contributed by atoms with van der Waals surface area (Å²) < 4.78 is 7.94.